The van der Waals surface area contributed by atoms with Crippen LogP contribution < -0.4 is 5.32 Å². The molecule has 1 saturated carbocycles. The molecule has 1 aliphatic carbocycles. The number of benzene rings is 1. The smallest absolute Gasteiger partial charge is 0.0693 e. The molecule has 2 rings (SSSR count). The Hall–Kier alpha value is -0.860. The van der Waals surface area contributed by atoms with Gasteiger partial charge < -0.3 is 10.1 Å². The highest BCUT2D eigenvalue weighted by atomic mass is 16.5. The number of nitrogens with one attached hydrogen (secondary N) is 1. The maximum Gasteiger partial charge on any atom is 0.0693 e. The second kappa shape index (κ2) is 6.53. The minimum absolute atomic E-state index is 0.150. The topological polar surface area (TPSA) is 21.3 Å². The Labute approximate surface area is 117 Å². The predicted octanol–water partition coefficient (Wildman–Crippen LogP) is 3.47. The summed E-state index contributed by atoms with van der Waals surface area (Å²) in [4.78, 5) is 0. The van der Waals surface area contributed by atoms with E-state index in [0.717, 1.165) is 19.4 Å². The number of methoxy groups -OCH3 is 1. The number of hydrogen-bond donors (Lipinski definition) is 1. The van der Waals surface area contributed by atoms with Crippen molar-refractivity contribution >= 4 is 0 Å². The maximum absolute atomic E-state index is 5.77. The summed E-state index contributed by atoms with van der Waals surface area (Å²) in [6.45, 7) is 5.35. The van der Waals surface area contributed by atoms with Gasteiger partial charge in [0.15, 0.2) is 0 Å². The summed E-state index contributed by atoms with van der Waals surface area (Å²) in [6.07, 6.45) is 5.99. The Balaban J connectivity index is 1.97. The molecule has 0 aromatic heterocycles. The fraction of sp³-hybridized carbons (Fsp3) is 0.647. The molecule has 1 aromatic rings. The molecule has 0 saturated heterocycles. The van der Waals surface area contributed by atoms with E-state index in [9.17, 15) is 0 Å². The van der Waals surface area contributed by atoms with E-state index in [2.05, 4.69) is 43.4 Å². The summed E-state index contributed by atoms with van der Waals surface area (Å²) in [5.74, 6) is 0. The van der Waals surface area contributed by atoms with Gasteiger partial charge >= 0.3 is 0 Å². The SMILES string of the molecule is CCNC(Cc1ccc(C)cc1)CC1(OC)CCC1. The fourth-order valence-corrected chi connectivity index (χ4v) is 3.03. The van der Waals surface area contributed by atoms with Gasteiger partial charge in [0, 0.05) is 13.2 Å². The van der Waals surface area contributed by atoms with Gasteiger partial charge in [-0.15, -0.1) is 0 Å². The largest absolute Gasteiger partial charge is 0.378 e. The van der Waals surface area contributed by atoms with Crippen LogP contribution in [0.25, 0.3) is 0 Å². The van der Waals surface area contributed by atoms with Crippen LogP contribution in [0.1, 0.15) is 43.7 Å². The van der Waals surface area contributed by atoms with E-state index < -0.39 is 0 Å². The molecule has 0 radical (unpaired) electrons. The Morgan fingerprint density at radius 3 is 2.42 bits per heavy atom. The van der Waals surface area contributed by atoms with Crippen molar-refractivity contribution in [1.29, 1.82) is 0 Å². The highest BCUT2D eigenvalue weighted by Gasteiger charge is 2.38. The molecule has 19 heavy (non-hydrogen) atoms. The number of likely N-dealkylation sites (N-methyl/N-ethyl adjacent to an activating group) is 1. The minimum atomic E-state index is 0.150. The van der Waals surface area contributed by atoms with Gasteiger partial charge in [-0.2, -0.15) is 0 Å². The predicted molar refractivity (Wildman–Crippen MR) is 80.6 cm³/mol. The van der Waals surface area contributed by atoms with Crippen LogP contribution >= 0.6 is 0 Å². The third kappa shape index (κ3) is 3.80. The zero-order valence-electron chi connectivity index (χ0n) is 12.5. The quantitative estimate of drug-likeness (QED) is 0.811. The molecule has 0 aliphatic heterocycles. The lowest BCUT2D eigenvalue weighted by molar-refractivity contribution is -0.0833. The molecule has 0 amide bonds. The Morgan fingerprint density at radius 1 is 1.26 bits per heavy atom. The summed E-state index contributed by atoms with van der Waals surface area (Å²) in [7, 11) is 1.87. The molecule has 2 nitrogen and oxygen atoms in total. The molecule has 1 atom stereocenters. The average molecular weight is 261 g/mol. The van der Waals surface area contributed by atoms with Crippen LogP contribution in [0.5, 0.6) is 0 Å². The van der Waals surface area contributed by atoms with Gasteiger partial charge in [0.2, 0.25) is 0 Å². The zero-order chi connectivity index (χ0) is 13.7. The van der Waals surface area contributed by atoms with E-state index in [0.29, 0.717) is 6.04 Å². The Kier molecular flexibility index (Phi) is 5.00. The number of aryl methyl sites for hydroxylation is 1. The van der Waals surface area contributed by atoms with Crippen molar-refractivity contribution in [3.63, 3.8) is 0 Å². The summed E-state index contributed by atoms with van der Waals surface area (Å²) in [5, 5.41) is 3.62. The molecule has 106 valence electrons. The molecular weight excluding hydrogens is 234 g/mol. The molecular formula is C17H27NO. The van der Waals surface area contributed by atoms with Crippen LogP contribution in [-0.4, -0.2) is 25.3 Å². The second-order valence-electron chi connectivity index (χ2n) is 5.89. The van der Waals surface area contributed by atoms with E-state index >= 15 is 0 Å². The molecule has 1 fully saturated rings. The summed E-state index contributed by atoms with van der Waals surface area (Å²) >= 11 is 0. The lowest BCUT2D eigenvalue weighted by Gasteiger charge is -2.43. The molecule has 1 aromatic carbocycles. The number of rotatable bonds is 7. The monoisotopic (exact) mass is 261 g/mol. The molecule has 0 spiro atoms. The van der Waals surface area contributed by atoms with Crippen molar-refractivity contribution in [1.82, 2.24) is 5.32 Å². The average Bonchev–Trinajstić information content (AvgIpc) is 2.37. The molecule has 0 heterocycles. The van der Waals surface area contributed by atoms with Crippen molar-refractivity contribution in [2.45, 2.75) is 57.6 Å². The highest BCUT2D eigenvalue weighted by Crippen LogP contribution is 2.39. The van der Waals surface area contributed by atoms with Crippen LogP contribution in [0.3, 0.4) is 0 Å². The van der Waals surface area contributed by atoms with Crippen molar-refractivity contribution in [3.8, 4) is 0 Å². The molecule has 1 unspecified atom stereocenters. The molecule has 1 N–H and O–H groups in total. The molecule has 1 aliphatic rings. The lowest BCUT2D eigenvalue weighted by atomic mass is 9.75. The fourth-order valence-electron chi connectivity index (χ4n) is 3.03. The normalized spacial score (nSPS) is 18.9. The first-order valence-electron chi connectivity index (χ1n) is 7.51. The first-order valence-corrected chi connectivity index (χ1v) is 7.51. The van der Waals surface area contributed by atoms with Crippen molar-refractivity contribution in [2.75, 3.05) is 13.7 Å². The lowest BCUT2D eigenvalue weighted by Crippen LogP contribution is -2.46. The molecule has 0 bridgehead atoms. The van der Waals surface area contributed by atoms with Gasteiger partial charge in [0.05, 0.1) is 5.60 Å². The Bertz CT molecular complexity index is 375. The first kappa shape index (κ1) is 14.5. The number of ether oxygens (including phenoxy) is 1. The van der Waals surface area contributed by atoms with Crippen molar-refractivity contribution in [3.05, 3.63) is 35.4 Å². The third-order valence-corrected chi connectivity index (χ3v) is 4.41. The van der Waals surface area contributed by atoms with E-state index in [1.54, 1.807) is 0 Å². The maximum atomic E-state index is 5.77. The molecule has 2 heteroatoms. The standard InChI is InChI=1S/C17H27NO/c1-4-18-16(13-17(19-3)10-5-11-17)12-15-8-6-14(2)7-9-15/h6-9,16,18H,4-5,10-13H2,1-3H3. The summed E-state index contributed by atoms with van der Waals surface area (Å²) < 4.78 is 5.77. The third-order valence-electron chi connectivity index (χ3n) is 4.41. The van der Waals surface area contributed by atoms with Crippen molar-refractivity contribution < 1.29 is 4.74 Å². The van der Waals surface area contributed by atoms with Crippen LogP contribution in [0.2, 0.25) is 0 Å². The van der Waals surface area contributed by atoms with E-state index in [1.807, 2.05) is 7.11 Å². The number of hydrogen-bond acceptors (Lipinski definition) is 2. The van der Waals surface area contributed by atoms with Gasteiger partial charge in [0.25, 0.3) is 0 Å². The van der Waals surface area contributed by atoms with Gasteiger partial charge in [-0.1, -0.05) is 36.8 Å². The highest BCUT2D eigenvalue weighted by molar-refractivity contribution is 5.22. The Morgan fingerprint density at radius 2 is 1.95 bits per heavy atom. The van der Waals surface area contributed by atoms with Crippen LogP contribution in [0.15, 0.2) is 24.3 Å². The van der Waals surface area contributed by atoms with Gasteiger partial charge in [-0.3, -0.25) is 0 Å². The van der Waals surface area contributed by atoms with Crippen LogP contribution in [-0.2, 0) is 11.2 Å². The second-order valence-corrected chi connectivity index (χ2v) is 5.89. The van der Waals surface area contributed by atoms with Crippen LogP contribution in [0, 0.1) is 6.92 Å². The van der Waals surface area contributed by atoms with Gasteiger partial charge in [0.1, 0.15) is 0 Å². The van der Waals surface area contributed by atoms with E-state index in [4.69, 9.17) is 4.74 Å². The van der Waals surface area contributed by atoms with E-state index in [-0.39, 0.29) is 5.60 Å². The minimum Gasteiger partial charge on any atom is -0.378 e. The van der Waals surface area contributed by atoms with Crippen LogP contribution in [0.4, 0.5) is 0 Å². The van der Waals surface area contributed by atoms with Gasteiger partial charge in [-0.25, -0.2) is 0 Å². The van der Waals surface area contributed by atoms with E-state index in [1.165, 1.54) is 30.4 Å². The summed E-state index contributed by atoms with van der Waals surface area (Å²) in [5.41, 5.74) is 2.90. The summed E-state index contributed by atoms with van der Waals surface area (Å²) in [6, 6.07) is 9.43. The first-order chi connectivity index (χ1) is 9.17. The van der Waals surface area contributed by atoms with Gasteiger partial charge in [-0.05, 0) is 51.1 Å². The van der Waals surface area contributed by atoms with Crippen molar-refractivity contribution in [2.24, 2.45) is 0 Å². The zero-order valence-corrected chi connectivity index (χ0v) is 12.5.